The van der Waals surface area contributed by atoms with E-state index in [0.717, 1.165) is 44.3 Å². The molecule has 200 valence electrons. The van der Waals surface area contributed by atoms with Crippen molar-refractivity contribution in [3.05, 3.63) is 98.9 Å². The summed E-state index contributed by atoms with van der Waals surface area (Å²) in [6.45, 7) is 4.55. The van der Waals surface area contributed by atoms with Crippen molar-refractivity contribution < 1.29 is 9.59 Å². The summed E-state index contributed by atoms with van der Waals surface area (Å²) in [5, 5.41) is 10.5. The van der Waals surface area contributed by atoms with Crippen LogP contribution in [-0.2, 0) is 16.1 Å². The van der Waals surface area contributed by atoms with Crippen LogP contribution in [0.2, 0.25) is 0 Å². The highest BCUT2D eigenvalue weighted by molar-refractivity contribution is 9.10. The van der Waals surface area contributed by atoms with E-state index < -0.39 is 11.1 Å². The van der Waals surface area contributed by atoms with E-state index in [1.807, 2.05) is 103 Å². The summed E-state index contributed by atoms with van der Waals surface area (Å²) in [7, 11) is 0. The standard InChI is InChI=1S/C31H30Br2N4O2/c1-30(2)19-27(38)36(35(30)20-21-7-4-3-5-8-21)29(39)31-18-6-9-26(31)28(22-10-12-23(32)13-11-22)34-37(31)25-16-14-24(33)15-17-25/h3-5,7-8,10-17,26H,6,9,18-20H2,1-2H3/t26?,31-/m1/s1. The molecule has 3 aliphatic rings. The molecule has 3 aromatic carbocycles. The molecule has 0 spiro atoms. The lowest BCUT2D eigenvalue weighted by atomic mass is 9.81. The topological polar surface area (TPSA) is 56.2 Å². The van der Waals surface area contributed by atoms with Crippen LogP contribution in [0.1, 0.15) is 50.7 Å². The molecule has 2 aliphatic heterocycles. The van der Waals surface area contributed by atoms with Crippen LogP contribution in [0.15, 0.2) is 92.9 Å². The quantitative estimate of drug-likeness (QED) is 0.281. The van der Waals surface area contributed by atoms with Gasteiger partial charge in [-0.25, -0.2) is 15.0 Å². The maximum absolute atomic E-state index is 15.0. The van der Waals surface area contributed by atoms with Gasteiger partial charge in [0.1, 0.15) is 0 Å². The molecule has 1 aliphatic carbocycles. The number of benzene rings is 3. The molecular weight excluding hydrogens is 620 g/mol. The van der Waals surface area contributed by atoms with Crippen molar-refractivity contribution in [2.24, 2.45) is 11.0 Å². The molecule has 2 amide bonds. The first kappa shape index (κ1) is 26.4. The zero-order valence-electron chi connectivity index (χ0n) is 22.0. The molecule has 0 bridgehead atoms. The first-order valence-corrected chi connectivity index (χ1v) is 14.9. The van der Waals surface area contributed by atoms with E-state index in [0.29, 0.717) is 13.0 Å². The lowest BCUT2D eigenvalue weighted by molar-refractivity contribution is -0.165. The number of carbonyl (C=O) groups excluding carboxylic acids is 2. The summed E-state index contributed by atoms with van der Waals surface area (Å²) in [5.41, 5.74) is 2.31. The van der Waals surface area contributed by atoms with Crippen LogP contribution in [0.4, 0.5) is 5.69 Å². The molecule has 1 unspecified atom stereocenters. The first-order chi connectivity index (χ1) is 18.7. The number of nitrogens with zero attached hydrogens (tertiary/aromatic N) is 4. The number of imide groups is 1. The van der Waals surface area contributed by atoms with Crippen molar-refractivity contribution in [3.8, 4) is 0 Å². The predicted molar refractivity (Wildman–Crippen MR) is 160 cm³/mol. The second-order valence-electron chi connectivity index (χ2n) is 11.2. The van der Waals surface area contributed by atoms with Crippen molar-refractivity contribution in [1.82, 2.24) is 10.0 Å². The highest BCUT2D eigenvalue weighted by Gasteiger charge is 2.63. The fraction of sp³-hybridized carbons (Fsp3) is 0.323. The third-order valence-electron chi connectivity index (χ3n) is 8.25. The number of halogens is 2. The van der Waals surface area contributed by atoms with Gasteiger partial charge < -0.3 is 0 Å². The Bertz CT molecular complexity index is 1440. The molecule has 1 saturated carbocycles. The minimum Gasteiger partial charge on any atom is -0.273 e. The Morgan fingerprint density at radius 2 is 1.59 bits per heavy atom. The van der Waals surface area contributed by atoms with Gasteiger partial charge in [-0.1, -0.05) is 74.3 Å². The fourth-order valence-electron chi connectivity index (χ4n) is 6.36. The van der Waals surface area contributed by atoms with Gasteiger partial charge in [0.2, 0.25) is 5.91 Å². The van der Waals surface area contributed by atoms with Gasteiger partial charge in [0.15, 0.2) is 5.54 Å². The van der Waals surface area contributed by atoms with Crippen LogP contribution >= 0.6 is 31.9 Å². The van der Waals surface area contributed by atoms with Gasteiger partial charge in [-0.3, -0.25) is 9.59 Å². The third-order valence-corrected chi connectivity index (χ3v) is 9.31. The lowest BCUT2D eigenvalue weighted by Crippen LogP contribution is -2.62. The number of hydrogen-bond donors (Lipinski definition) is 0. The second kappa shape index (κ2) is 9.98. The molecule has 2 atom stereocenters. The number of rotatable bonds is 5. The molecule has 8 heteroatoms. The molecule has 0 aromatic heterocycles. The molecule has 1 saturated heterocycles. The Labute approximate surface area is 245 Å². The average Bonchev–Trinajstić information content (AvgIpc) is 3.55. The number of anilines is 1. The number of hydrazine groups is 1. The highest BCUT2D eigenvalue weighted by Crippen LogP contribution is 2.51. The van der Waals surface area contributed by atoms with Gasteiger partial charge >= 0.3 is 0 Å². The van der Waals surface area contributed by atoms with Gasteiger partial charge in [0.25, 0.3) is 5.91 Å². The summed E-state index contributed by atoms with van der Waals surface area (Å²) in [6, 6.07) is 26.1. The molecule has 39 heavy (non-hydrogen) atoms. The largest absolute Gasteiger partial charge is 0.273 e. The van der Waals surface area contributed by atoms with Gasteiger partial charge in [-0.05, 0) is 80.6 Å². The van der Waals surface area contributed by atoms with Gasteiger partial charge in [-0.2, -0.15) is 5.10 Å². The van der Waals surface area contributed by atoms with Gasteiger partial charge in [0, 0.05) is 33.4 Å². The Morgan fingerprint density at radius 3 is 2.26 bits per heavy atom. The molecule has 6 rings (SSSR count). The summed E-state index contributed by atoms with van der Waals surface area (Å²) < 4.78 is 1.95. The summed E-state index contributed by atoms with van der Waals surface area (Å²) in [5.74, 6) is -0.478. The summed E-state index contributed by atoms with van der Waals surface area (Å²) in [4.78, 5) is 28.6. The summed E-state index contributed by atoms with van der Waals surface area (Å²) in [6.07, 6.45) is 2.62. The normalized spacial score (nSPS) is 24.3. The lowest BCUT2D eigenvalue weighted by Gasteiger charge is -2.42. The van der Waals surface area contributed by atoms with Crippen molar-refractivity contribution in [3.63, 3.8) is 0 Å². The highest BCUT2D eigenvalue weighted by atomic mass is 79.9. The molecule has 0 N–H and O–H groups in total. The molecule has 6 nitrogen and oxygen atoms in total. The monoisotopic (exact) mass is 648 g/mol. The first-order valence-electron chi connectivity index (χ1n) is 13.3. The SMILES string of the molecule is CC1(C)CC(=O)N(C(=O)[C@@]23CCCC2C(c2ccc(Br)cc2)=NN3c2ccc(Br)cc2)N1Cc1ccccc1. The smallest absolute Gasteiger partial charge is 0.272 e. The zero-order chi connectivity index (χ0) is 27.4. The minimum absolute atomic E-state index is 0.134. The average molecular weight is 650 g/mol. The maximum Gasteiger partial charge on any atom is 0.272 e. The minimum atomic E-state index is -0.985. The Hall–Kier alpha value is -2.81. The number of hydrazone groups is 1. The van der Waals surface area contributed by atoms with Crippen molar-refractivity contribution in [1.29, 1.82) is 0 Å². The van der Waals surface area contributed by atoms with E-state index in [4.69, 9.17) is 5.10 Å². The number of hydrogen-bond acceptors (Lipinski definition) is 5. The Balaban J connectivity index is 1.46. The number of fused-ring (bicyclic) bond motifs is 1. The van der Waals surface area contributed by atoms with E-state index in [9.17, 15) is 9.59 Å². The van der Waals surface area contributed by atoms with Crippen molar-refractivity contribution >= 4 is 55.1 Å². The van der Waals surface area contributed by atoms with Crippen LogP contribution in [-0.4, -0.2) is 38.6 Å². The van der Waals surface area contributed by atoms with E-state index in [2.05, 4.69) is 31.9 Å². The van der Waals surface area contributed by atoms with E-state index in [-0.39, 0.29) is 24.2 Å². The fourth-order valence-corrected chi connectivity index (χ4v) is 6.89. The van der Waals surface area contributed by atoms with E-state index in [1.165, 1.54) is 5.01 Å². The van der Waals surface area contributed by atoms with Gasteiger partial charge in [0.05, 0.1) is 11.4 Å². The molecular formula is C31H30Br2N4O2. The van der Waals surface area contributed by atoms with Crippen LogP contribution in [0, 0.1) is 5.92 Å². The Kier molecular flexibility index (Phi) is 6.76. The predicted octanol–water partition coefficient (Wildman–Crippen LogP) is 6.93. The molecule has 3 aromatic rings. The molecule has 2 heterocycles. The maximum atomic E-state index is 15.0. The number of carbonyl (C=O) groups is 2. The van der Waals surface area contributed by atoms with E-state index >= 15 is 0 Å². The van der Waals surface area contributed by atoms with Crippen molar-refractivity contribution in [2.45, 2.75) is 57.2 Å². The summed E-state index contributed by atoms with van der Waals surface area (Å²) >= 11 is 7.07. The van der Waals surface area contributed by atoms with Crippen molar-refractivity contribution in [2.75, 3.05) is 5.01 Å². The van der Waals surface area contributed by atoms with Crippen LogP contribution < -0.4 is 5.01 Å². The zero-order valence-corrected chi connectivity index (χ0v) is 25.2. The second-order valence-corrected chi connectivity index (χ2v) is 13.0. The third kappa shape index (κ3) is 4.46. The van der Waals surface area contributed by atoms with Crippen LogP contribution in [0.3, 0.4) is 0 Å². The van der Waals surface area contributed by atoms with E-state index in [1.54, 1.807) is 0 Å². The van der Waals surface area contributed by atoms with Crippen LogP contribution in [0.25, 0.3) is 0 Å². The van der Waals surface area contributed by atoms with Gasteiger partial charge in [-0.15, -0.1) is 0 Å². The molecule has 0 radical (unpaired) electrons. The van der Waals surface area contributed by atoms with Crippen LogP contribution in [0.5, 0.6) is 0 Å². The number of amides is 2. The Morgan fingerprint density at radius 1 is 0.949 bits per heavy atom. The molecule has 2 fully saturated rings.